The van der Waals surface area contributed by atoms with Gasteiger partial charge in [-0.2, -0.15) is 0 Å². The molecule has 1 rings (SSSR count). The molecule has 0 fully saturated rings. The van der Waals surface area contributed by atoms with Gasteiger partial charge in [0.05, 0.1) is 5.02 Å². The summed E-state index contributed by atoms with van der Waals surface area (Å²) in [5.74, 6) is -0.109. The number of nitrogens with two attached hydrogens (primary N) is 1. The smallest absolute Gasteiger partial charge is 0.268 e. The minimum absolute atomic E-state index is 0.0338. The van der Waals surface area contributed by atoms with Crippen LogP contribution in [-0.2, 0) is 6.54 Å². The van der Waals surface area contributed by atoms with Crippen LogP contribution in [0.1, 0.15) is 37.2 Å². The van der Waals surface area contributed by atoms with E-state index in [1.165, 1.54) is 0 Å². The predicted octanol–water partition coefficient (Wildman–Crippen LogP) is 2.02. The molecular weight excluding hydrogens is 238 g/mol. The Morgan fingerprint density at radius 1 is 1.59 bits per heavy atom. The molecule has 1 atom stereocenters. The van der Waals surface area contributed by atoms with Crippen LogP contribution >= 0.6 is 11.6 Å². The topological polar surface area (TPSA) is 60.0 Å². The molecule has 1 aromatic rings. The van der Waals surface area contributed by atoms with Crippen LogP contribution in [0.15, 0.2) is 12.3 Å². The number of halogens is 1. The molecule has 0 spiro atoms. The van der Waals surface area contributed by atoms with Crippen LogP contribution in [0.5, 0.6) is 0 Å². The Morgan fingerprint density at radius 2 is 2.29 bits per heavy atom. The zero-order valence-corrected chi connectivity index (χ0v) is 11.1. The third kappa shape index (κ3) is 3.75. The Balaban J connectivity index is 2.74. The van der Waals surface area contributed by atoms with Crippen molar-refractivity contribution in [2.45, 2.75) is 39.3 Å². The summed E-state index contributed by atoms with van der Waals surface area (Å²) in [5.41, 5.74) is 6.20. The van der Waals surface area contributed by atoms with E-state index in [4.69, 9.17) is 17.3 Å². The van der Waals surface area contributed by atoms with Crippen molar-refractivity contribution in [3.63, 3.8) is 0 Å². The minimum Gasteiger partial charge on any atom is -0.347 e. The van der Waals surface area contributed by atoms with E-state index < -0.39 is 0 Å². The summed E-state index contributed by atoms with van der Waals surface area (Å²) >= 11 is 5.89. The lowest BCUT2D eigenvalue weighted by Crippen LogP contribution is -2.40. The minimum atomic E-state index is -0.109. The van der Waals surface area contributed by atoms with Crippen molar-refractivity contribution in [2.24, 2.45) is 5.73 Å². The zero-order valence-electron chi connectivity index (χ0n) is 10.4. The Kier molecular flexibility index (Phi) is 5.51. The number of hydrogen-bond acceptors (Lipinski definition) is 2. The summed E-state index contributed by atoms with van der Waals surface area (Å²) in [5, 5.41) is 3.51. The van der Waals surface area contributed by atoms with Crippen molar-refractivity contribution in [3.8, 4) is 0 Å². The third-order valence-electron chi connectivity index (χ3n) is 2.69. The van der Waals surface area contributed by atoms with Crippen LogP contribution in [0, 0.1) is 0 Å². The number of nitrogens with one attached hydrogen (secondary N) is 1. The van der Waals surface area contributed by atoms with Crippen molar-refractivity contribution in [2.75, 3.05) is 6.54 Å². The molecule has 1 amide bonds. The van der Waals surface area contributed by atoms with Crippen molar-refractivity contribution in [1.82, 2.24) is 9.88 Å². The van der Waals surface area contributed by atoms with E-state index in [9.17, 15) is 4.79 Å². The maximum absolute atomic E-state index is 12.0. The van der Waals surface area contributed by atoms with Gasteiger partial charge in [0.15, 0.2) is 0 Å². The molecule has 0 saturated carbocycles. The van der Waals surface area contributed by atoms with Crippen LogP contribution in [0.2, 0.25) is 5.02 Å². The fraction of sp³-hybridized carbons (Fsp3) is 0.583. The van der Waals surface area contributed by atoms with Crippen LogP contribution in [0.4, 0.5) is 0 Å². The molecule has 4 nitrogen and oxygen atoms in total. The van der Waals surface area contributed by atoms with E-state index in [-0.39, 0.29) is 11.9 Å². The van der Waals surface area contributed by atoms with E-state index in [0.717, 1.165) is 19.4 Å². The normalized spacial score (nSPS) is 12.5. The number of amides is 1. The lowest BCUT2D eigenvalue weighted by Gasteiger charge is -2.16. The van der Waals surface area contributed by atoms with Gasteiger partial charge in [-0.3, -0.25) is 4.79 Å². The van der Waals surface area contributed by atoms with Gasteiger partial charge in [0.1, 0.15) is 5.69 Å². The first-order chi connectivity index (χ1) is 8.12. The largest absolute Gasteiger partial charge is 0.347 e. The molecule has 0 radical (unpaired) electrons. The van der Waals surface area contributed by atoms with Gasteiger partial charge < -0.3 is 15.6 Å². The fourth-order valence-corrected chi connectivity index (χ4v) is 2.00. The average molecular weight is 258 g/mol. The molecule has 96 valence electrons. The molecule has 17 heavy (non-hydrogen) atoms. The molecule has 1 unspecified atom stereocenters. The molecule has 1 aromatic heterocycles. The van der Waals surface area contributed by atoms with Crippen LogP contribution in [0.3, 0.4) is 0 Å². The number of carbonyl (C=O) groups is 1. The monoisotopic (exact) mass is 257 g/mol. The van der Waals surface area contributed by atoms with Gasteiger partial charge in [-0.15, -0.1) is 0 Å². The first-order valence-electron chi connectivity index (χ1n) is 5.98. The molecule has 3 N–H and O–H groups in total. The number of hydrogen-bond donors (Lipinski definition) is 2. The van der Waals surface area contributed by atoms with E-state index in [1.54, 1.807) is 12.3 Å². The number of rotatable bonds is 6. The Labute approximate surface area is 107 Å². The van der Waals surface area contributed by atoms with Crippen LogP contribution in [-0.4, -0.2) is 23.1 Å². The van der Waals surface area contributed by atoms with Gasteiger partial charge >= 0.3 is 0 Å². The lowest BCUT2D eigenvalue weighted by molar-refractivity contribution is 0.0927. The van der Waals surface area contributed by atoms with Crippen molar-refractivity contribution in [3.05, 3.63) is 23.0 Å². The molecule has 0 bridgehead atoms. The van der Waals surface area contributed by atoms with Crippen LogP contribution in [0.25, 0.3) is 0 Å². The van der Waals surface area contributed by atoms with Gasteiger partial charge in [-0.25, -0.2) is 0 Å². The second kappa shape index (κ2) is 6.67. The van der Waals surface area contributed by atoms with Crippen molar-refractivity contribution < 1.29 is 4.79 Å². The Morgan fingerprint density at radius 3 is 2.82 bits per heavy atom. The van der Waals surface area contributed by atoms with E-state index in [1.807, 2.05) is 11.5 Å². The summed E-state index contributed by atoms with van der Waals surface area (Å²) in [6, 6.07) is 1.71. The summed E-state index contributed by atoms with van der Waals surface area (Å²) in [7, 11) is 0. The van der Waals surface area contributed by atoms with Crippen molar-refractivity contribution in [1.29, 1.82) is 0 Å². The molecule has 0 aliphatic heterocycles. The van der Waals surface area contributed by atoms with Gasteiger partial charge in [0.25, 0.3) is 5.91 Å². The number of aromatic nitrogens is 1. The van der Waals surface area contributed by atoms with E-state index >= 15 is 0 Å². The SMILES string of the molecule is CCCC(CN)NC(=O)c1cc(Cl)cn1CC. The third-order valence-corrected chi connectivity index (χ3v) is 2.90. The first kappa shape index (κ1) is 14.1. The highest BCUT2D eigenvalue weighted by Gasteiger charge is 2.15. The Hall–Kier alpha value is -1.00. The first-order valence-corrected chi connectivity index (χ1v) is 6.36. The number of aryl methyl sites for hydroxylation is 1. The number of carbonyl (C=O) groups excluding carboxylic acids is 1. The summed E-state index contributed by atoms with van der Waals surface area (Å²) < 4.78 is 1.83. The maximum Gasteiger partial charge on any atom is 0.268 e. The molecule has 0 aliphatic carbocycles. The van der Waals surface area contributed by atoms with Gasteiger partial charge in [-0.1, -0.05) is 24.9 Å². The molecule has 0 saturated heterocycles. The lowest BCUT2D eigenvalue weighted by atomic mass is 10.1. The quantitative estimate of drug-likeness (QED) is 0.819. The van der Waals surface area contributed by atoms with Gasteiger partial charge in [0.2, 0.25) is 0 Å². The van der Waals surface area contributed by atoms with E-state index in [2.05, 4.69) is 12.2 Å². The molecule has 5 heteroatoms. The molecule has 0 aromatic carbocycles. The van der Waals surface area contributed by atoms with E-state index in [0.29, 0.717) is 17.3 Å². The molecule has 1 heterocycles. The highest BCUT2D eigenvalue weighted by Crippen LogP contribution is 2.14. The van der Waals surface area contributed by atoms with Crippen molar-refractivity contribution >= 4 is 17.5 Å². The average Bonchev–Trinajstić information content (AvgIpc) is 2.69. The molecule has 0 aliphatic rings. The highest BCUT2D eigenvalue weighted by molar-refractivity contribution is 6.31. The van der Waals surface area contributed by atoms with Gasteiger partial charge in [0, 0.05) is 25.3 Å². The maximum atomic E-state index is 12.0. The molecular formula is C12H20ClN3O. The summed E-state index contributed by atoms with van der Waals surface area (Å²) in [4.78, 5) is 12.0. The predicted molar refractivity (Wildman–Crippen MR) is 70.3 cm³/mol. The summed E-state index contributed by atoms with van der Waals surface area (Å²) in [6.07, 6.45) is 3.65. The second-order valence-corrected chi connectivity index (χ2v) is 4.46. The Bertz CT molecular complexity index is 376. The zero-order chi connectivity index (χ0) is 12.8. The second-order valence-electron chi connectivity index (χ2n) is 4.02. The fourth-order valence-electron chi connectivity index (χ4n) is 1.78. The van der Waals surface area contributed by atoms with Crippen LogP contribution < -0.4 is 11.1 Å². The van der Waals surface area contributed by atoms with Gasteiger partial charge in [-0.05, 0) is 19.4 Å². The standard InChI is InChI=1S/C12H20ClN3O/c1-3-5-10(7-14)15-12(17)11-6-9(13)8-16(11)4-2/h6,8,10H,3-5,7,14H2,1-2H3,(H,15,17). The summed E-state index contributed by atoms with van der Waals surface area (Å²) in [6.45, 7) is 5.22. The highest BCUT2D eigenvalue weighted by atomic mass is 35.5. The number of nitrogens with zero attached hydrogens (tertiary/aromatic N) is 1.